The van der Waals surface area contributed by atoms with Crippen molar-refractivity contribution in [3.05, 3.63) is 88.5 Å². The molecule has 4 rings (SSSR count). The van der Waals surface area contributed by atoms with Gasteiger partial charge in [0, 0.05) is 17.5 Å². The Bertz CT molecular complexity index is 1120. The van der Waals surface area contributed by atoms with E-state index in [4.69, 9.17) is 5.10 Å². The van der Waals surface area contributed by atoms with Crippen molar-refractivity contribution >= 4 is 28.3 Å². The summed E-state index contributed by atoms with van der Waals surface area (Å²) in [5, 5.41) is 9.33. The highest BCUT2D eigenvalue weighted by Gasteiger charge is 2.10. The molecule has 0 saturated heterocycles. The first kappa shape index (κ1) is 16.5. The Morgan fingerprint density at radius 1 is 0.923 bits per heavy atom. The molecule has 0 fully saturated rings. The van der Waals surface area contributed by atoms with Crippen LogP contribution in [0.5, 0.6) is 0 Å². The Balaban J connectivity index is 1.90. The van der Waals surface area contributed by atoms with Gasteiger partial charge in [0.1, 0.15) is 0 Å². The monoisotopic (exact) mass is 357 g/mol. The first-order chi connectivity index (χ1) is 12.9. The second-order valence-electron chi connectivity index (χ2n) is 5.87. The average molecular weight is 357 g/mol. The van der Waals surface area contributed by atoms with Crippen LogP contribution in [0.1, 0.15) is 12.5 Å². The van der Waals surface area contributed by atoms with Gasteiger partial charge in [-0.05, 0) is 23.3 Å². The van der Waals surface area contributed by atoms with Gasteiger partial charge < -0.3 is 0 Å². The summed E-state index contributed by atoms with van der Waals surface area (Å²) in [7, 11) is 0. The number of hydrogen-bond donors (Lipinski definition) is 0. The second-order valence-corrected chi connectivity index (χ2v) is 6.71. The Morgan fingerprint density at radius 2 is 1.69 bits per heavy atom. The molecule has 0 amide bonds. The molecule has 0 aliphatic rings. The molecule has 0 atom stereocenters. The van der Waals surface area contributed by atoms with Gasteiger partial charge in [-0.25, -0.2) is 4.68 Å². The van der Waals surface area contributed by atoms with Gasteiger partial charge in [-0.2, -0.15) is 5.10 Å². The molecule has 0 bridgehead atoms. The largest absolute Gasteiger partial charge is 0.258 e. The lowest BCUT2D eigenvalue weighted by Crippen LogP contribution is -2.12. The Morgan fingerprint density at radius 3 is 2.54 bits per heavy atom. The number of thiazole rings is 1. The second kappa shape index (κ2) is 7.50. The minimum atomic E-state index is 0.732. The molecule has 0 aliphatic carbocycles. The van der Waals surface area contributed by atoms with Crippen molar-refractivity contribution in [2.45, 2.75) is 6.92 Å². The molecule has 0 radical (unpaired) electrons. The summed E-state index contributed by atoms with van der Waals surface area (Å²) in [6.07, 6.45) is 1.88. The minimum Gasteiger partial charge on any atom is -0.258 e. The van der Waals surface area contributed by atoms with Crippen molar-refractivity contribution in [2.75, 3.05) is 6.54 Å². The average Bonchev–Trinajstić information content (AvgIpc) is 3.09. The predicted octanol–water partition coefficient (Wildman–Crippen LogP) is 5.17. The fraction of sp³-hybridized carbons (Fsp3) is 0.0909. The molecule has 128 valence electrons. The smallest absolute Gasteiger partial charge is 0.206 e. The highest BCUT2D eigenvalue weighted by molar-refractivity contribution is 7.07. The van der Waals surface area contributed by atoms with Crippen LogP contribution in [0, 0.1) is 0 Å². The number of rotatable bonds is 4. The molecule has 3 nitrogen and oxygen atoms in total. The van der Waals surface area contributed by atoms with Gasteiger partial charge in [-0.1, -0.05) is 72.8 Å². The highest BCUT2D eigenvalue weighted by atomic mass is 32.1. The molecule has 0 unspecified atom stereocenters. The SMILES string of the molecule is CCN=c1scc(-c2cccc3ccccc23)n1N=Cc1ccccc1. The normalized spacial score (nSPS) is 12.3. The van der Waals surface area contributed by atoms with E-state index in [2.05, 4.69) is 52.8 Å². The molecular formula is C22H19N3S. The number of fused-ring (bicyclic) bond motifs is 1. The standard InChI is InChI=1S/C22H19N3S/c1-2-23-22-25(24-15-17-9-4-3-5-10-17)21(16-26-22)20-14-8-12-18-11-6-7-13-19(18)20/h3-16H,2H2,1H3. The Kier molecular flexibility index (Phi) is 4.75. The van der Waals surface area contributed by atoms with Gasteiger partial charge in [0.25, 0.3) is 0 Å². The fourth-order valence-corrected chi connectivity index (χ4v) is 3.85. The first-order valence-corrected chi connectivity index (χ1v) is 9.53. The molecule has 0 aliphatic heterocycles. The van der Waals surface area contributed by atoms with Crippen LogP contribution in [0.4, 0.5) is 0 Å². The molecule has 1 heterocycles. The number of benzene rings is 3. The van der Waals surface area contributed by atoms with E-state index in [1.807, 2.05) is 48.1 Å². The maximum atomic E-state index is 4.75. The van der Waals surface area contributed by atoms with Crippen LogP contribution < -0.4 is 4.80 Å². The maximum Gasteiger partial charge on any atom is 0.206 e. The van der Waals surface area contributed by atoms with Crippen molar-refractivity contribution in [2.24, 2.45) is 10.1 Å². The van der Waals surface area contributed by atoms with E-state index in [-0.39, 0.29) is 0 Å². The van der Waals surface area contributed by atoms with Crippen LogP contribution in [0.3, 0.4) is 0 Å². The molecule has 4 aromatic rings. The topological polar surface area (TPSA) is 29.6 Å². The van der Waals surface area contributed by atoms with Crippen molar-refractivity contribution in [3.63, 3.8) is 0 Å². The molecule has 0 N–H and O–H groups in total. The Labute approximate surface area is 156 Å². The van der Waals surface area contributed by atoms with E-state index in [9.17, 15) is 0 Å². The lowest BCUT2D eigenvalue weighted by Gasteiger charge is -2.07. The van der Waals surface area contributed by atoms with E-state index in [1.54, 1.807) is 11.3 Å². The van der Waals surface area contributed by atoms with Gasteiger partial charge in [-0.3, -0.25) is 4.99 Å². The maximum absolute atomic E-state index is 4.75. The number of aromatic nitrogens is 1. The summed E-state index contributed by atoms with van der Waals surface area (Å²) in [5.41, 5.74) is 3.30. The zero-order valence-electron chi connectivity index (χ0n) is 14.5. The van der Waals surface area contributed by atoms with E-state index in [1.165, 1.54) is 16.3 Å². The van der Waals surface area contributed by atoms with Gasteiger partial charge in [0.2, 0.25) is 4.80 Å². The minimum absolute atomic E-state index is 0.732. The van der Waals surface area contributed by atoms with Crippen molar-refractivity contribution in [1.29, 1.82) is 0 Å². The van der Waals surface area contributed by atoms with E-state index < -0.39 is 0 Å². The highest BCUT2D eigenvalue weighted by Crippen LogP contribution is 2.28. The van der Waals surface area contributed by atoms with Gasteiger partial charge >= 0.3 is 0 Å². The molecule has 0 spiro atoms. The van der Waals surface area contributed by atoms with E-state index >= 15 is 0 Å². The fourth-order valence-electron chi connectivity index (χ4n) is 2.95. The molecule has 26 heavy (non-hydrogen) atoms. The molecule has 3 aromatic carbocycles. The quantitative estimate of drug-likeness (QED) is 0.451. The van der Waals surface area contributed by atoms with Crippen LogP contribution in [0.2, 0.25) is 0 Å². The summed E-state index contributed by atoms with van der Waals surface area (Å²) in [4.78, 5) is 5.52. The van der Waals surface area contributed by atoms with Crippen molar-refractivity contribution < 1.29 is 0 Å². The van der Waals surface area contributed by atoms with Crippen molar-refractivity contribution in [3.8, 4) is 11.3 Å². The number of nitrogens with zero attached hydrogens (tertiary/aromatic N) is 3. The van der Waals surface area contributed by atoms with Crippen LogP contribution >= 0.6 is 11.3 Å². The third-order valence-corrected chi connectivity index (χ3v) is 5.02. The molecule has 1 aromatic heterocycles. The van der Waals surface area contributed by atoms with E-state index in [0.717, 1.165) is 22.6 Å². The molecule has 4 heteroatoms. The van der Waals surface area contributed by atoms with Crippen LogP contribution in [0.15, 0.2) is 88.3 Å². The number of hydrogen-bond acceptors (Lipinski definition) is 3. The van der Waals surface area contributed by atoms with Crippen LogP contribution in [-0.2, 0) is 0 Å². The van der Waals surface area contributed by atoms with Gasteiger partial charge in [-0.15, -0.1) is 11.3 Å². The summed E-state index contributed by atoms with van der Waals surface area (Å²) in [5.74, 6) is 0. The summed E-state index contributed by atoms with van der Waals surface area (Å²) in [6.45, 7) is 2.78. The summed E-state index contributed by atoms with van der Waals surface area (Å²) in [6, 6.07) is 25.0. The lowest BCUT2D eigenvalue weighted by atomic mass is 10.0. The van der Waals surface area contributed by atoms with E-state index in [0.29, 0.717) is 0 Å². The zero-order valence-corrected chi connectivity index (χ0v) is 15.4. The van der Waals surface area contributed by atoms with Gasteiger partial charge in [0.05, 0.1) is 11.9 Å². The lowest BCUT2D eigenvalue weighted by molar-refractivity contribution is 0.834. The Hall–Kier alpha value is -2.98. The third-order valence-electron chi connectivity index (χ3n) is 4.17. The molecular weight excluding hydrogens is 338 g/mol. The third kappa shape index (κ3) is 3.24. The summed E-state index contributed by atoms with van der Waals surface area (Å²) >= 11 is 1.62. The summed E-state index contributed by atoms with van der Waals surface area (Å²) < 4.78 is 1.95. The first-order valence-electron chi connectivity index (χ1n) is 8.65. The van der Waals surface area contributed by atoms with Gasteiger partial charge in [0.15, 0.2) is 0 Å². The van der Waals surface area contributed by atoms with Crippen LogP contribution in [0.25, 0.3) is 22.0 Å². The zero-order chi connectivity index (χ0) is 17.8. The van der Waals surface area contributed by atoms with Crippen LogP contribution in [-0.4, -0.2) is 17.4 Å². The van der Waals surface area contributed by atoms with Crippen molar-refractivity contribution in [1.82, 2.24) is 4.68 Å². The predicted molar refractivity (Wildman–Crippen MR) is 111 cm³/mol. The molecule has 0 saturated carbocycles.